The zero-order valence-corrected chi connectivity index (χ0v) is 15.3. The molecule has 10 heteroatoms. The molecule has 3 aromatic rings. The number of hydrogen-bond acceptors (Lipinski definition) is 7. The Morgan fingerprint density at radius 3 is 2.67 bits per heavy atom. The fourth-order valence-corrected chi connectivity index (χ4v) is 3.68. The number of amides is 1. The van der Waals surface area contributed by atoms with Crippen molar-refractivity contribution in [3.63, 3.8) is 0 Å². The number of aromatic nitrogens is 2. The average Bonchev–Trinajstić information content (AvgIpc) is 3.11. The van der Waals surface area contributed by atoms with Gasteiger partial charge in [0.05, 0.1) is 16.3 Å². The zero-order chi connectivity index (χ0) is 19.4. The maximum absolute atomic E-state index is 12.2. The number of carbonyl (C=O) groups is 2. The van der Waals surface area contributed by atoms with Crippen LogP contribution in [0.5, 0.6) is 5.75 Å². The molecule has 4 N–H and O–H groups in total. The SMILES string of the molecule is O=C(CSc1ccccc1)Nc1ccsc1-c1nc(C(=O)O)c(O)c(=O)[nH]1. The van der Waals surface area contributed by atoms with Crippen molar-refractivity contribution >= 4 is 40.7 Å². The van der Waals surface area contributed by atoms with Crippen molar-refractivity contribution in [1.29, 1.82) is 0 Å². The number of benzene rings is 1. The van der Waals surface area contributed by atoms with Crippen molar-refractivity contribution in [2.75, 3.05) is 11.1 Å². The molecule has 138 valence electrons. The van der Waals surface area contributed by atoms with Crippen LogP contribution in [0.15, 0.2) is 51.5 Å². The minimum atomic E-state index is -1.53. The van der Waals surface area contributed by atoms with Crippen LogP contribution in [-0.4, -0.2) is 37.8 Å². The summed E-state index contributed by atoms with van der Waals surface area (Å²) in [5, 5.41) is 23.0. The van der Waals surface area contributed by atoms with E-state index in [9.17, 15) is 19.5 Å². The second-order valence-corrected chi connectivity index (χ2v) is 7.20. The Labute approximate surface area is 160 Å². The second kappa shape index (κ2) is 8.06. The predicted octanol–water partition coefficient (Wildman–Crippen LogP) is 2.63. The molecule has 1 amide bonds. The molecule has 2 aromatic heterocycles. The summed E-state index contributed by atoms with van der Waals surface area (Å²) in [7, 11) is 0. The van der Waals surface area contributed by atoms with E-state index in [-0.39, 0.29) is 17.5 Å². The molecule has 0 spiro atoms. The summed E-state index contributed by atoms with van der Waals surface area (Å²) in [5.74, 6) is -2.62. The maximum atomic E-state index is 12.2. The number of H-pyrrole nitrogens is 1. The Balaban J connectivity index is 1.79. The molecule has 0 radical (unpaired) electrons. The van der Waals surface area contributed by atoms with Gasteiger partial charge in [0.2, 0.25) is 11.7 Å². The number of carboxylic acids is 1. The molecule has 8 nitrogen and oxygen atoms in total. The van der Waals surface area contributed by atoms with Gasteiger partial charge in [0.1, 0.15) is 0 Å². The summed E-state index contributed by atoms with van der Waals surface area (Å²) in [6.45, 7) is 0. The minimum Gasteiger partial charge on any atom is -0.501 e. The summed E-state index contributed by atoms with van der Waals surface area (Å²) in [6.07, 6.45) is 0. The van der Waals surface area contributed by atoms with E-state index in [2.05, 4.69) is 15.3 Å². The summed E-state index contributed by atoms with van der Waals surface area (Å²) in [4.78, 5) is 42.5. The number of rotatable bonds is 6. The summed E-state index contributed by atoms with van der Waals surface area (Å²) in [5.41, 5.74) is -1.33. The number of aromatic hydroxyl groups is 1. The van der Waals surface area contributed by atoms with Gasteiger partial charge in [0.25, 0.3) is 5.56 Å². The van der Waals surface area contributed by atoms with Gasteiger partial charge in [0.15, 0.2) is 11.5 Å². The van der Waals surface area contributed by atoms with E-state index in [0.29, 0.717) is 10.6 Å². The van der Waals surface area contributed by atoms with Crippen molar-refractivity contribution in [3.8, 4) is 16.5 Å². The molecular weight excluding hydrogens is 390 g/mol. The fraction of sp³-hybridized carbons (Fsp3) is 0.0588. The lowest BCUT2D eigenvalue weighted by Crippen LogP contribution is -2.16. The highest BCUT2D eigenvalue weighted by Gasteiger charge is 2.20. The largest absolute Gasteiger partial charge is 0.501 e. The van der Waals surface area contributed by atoms with Crippen LogP contribution in [0.25, 0.3) is 10.7 Å². The lowest BCUT2D eigenvalue weighted by atomic mass is 10.3. The van der Waals surface area contributed by atoms with E-state index < -0.39 is 23.0 Å². The van der Waals surface area contributed by atoms with E-state index in [4.69, 9.17) is 5.11 Å². The van der Waals surface area contributed by atoms with E-state index >= 15 is 0 Å². The van der Waals surface area contributed by atoms with Crippen LogP contribution in [0, 0.1) is 0 Å². The smallest absolute Gasteiger partial charge is 0.358 e. The van der Waals surface area contributed by atoms with Gasteiger partial charge in [0, 0.05) is 4.90 Å². The molecule has 1 aromatic carbocycles. The number of hydrogen-bond donors (Lipinski definition) is 4. The van der Waals surface area contributed by atoms with Crippen molar-refractivity contribution in [2.45, 2.75) is 4.90 Å². The van der Waals surface area contributed by atoms with Crippen LogP contribution < -0.4 is 10.9 Å². The van der Waals surface area contributed by atoms with Crippen molar-refractivity contribution < 1.29 is 19.8 Å². The number of nitrogens with zero attached hydrogens (tertiary/aromatic N) is 1. The van der Waals surface area contributed by atoms with Crippen LogP contribution in [0.4, 0.5) is 5.69 Å². The first-order valence-corrected chi connectivity index (χ1v) is 9.44. The zero-order valence-electron chi connectivity index (χ0n) is 13.6. The number of carbonyl (C=O) groups excluding carboxylic acids is 1. The topological polar surface area (TPSA) is 132 Å². The van der Waals surface area contributed by atoms with E-state index in [1.54, 1.807) is 11.4 Å². The molecular formula is C17H13N3O5S2. The van der Waals surface area contributed by atoms with Gasteiger partial charge in [-0.15, -0.1) is 23.1 Å². The Hall–Kier alpha value is -3.11. The maximum Gasteiger partial charge on any atom is 0.358 e. The lowest BCUT2D eigenvalue weighted by molar-refractivity contribution is -0.113. The van der Waals surface area contributed by atoms with Crippen LogP contribution >= 0.6 is 23.1 Å². The quantitative estimate of drug-likeness (QED) is 0.465. The van der Waals surface area contributed by atoms with Crippen molar-refractivity contribution in [2.24, 2.45) is 0 Å². The Morgan fingerprint density at radius 2 is 1.96 bits per heavy atom. The number of carboxylic acid groups (broad SMARTS) is 1. The number of thioether (sulfide) groups is 1. The summed E-state index contributed by atoms with van der Waals surface area (Å²) < 4.78 is 0. The van der Waals surface area contributed by atoms with Gasteiger partial charge in [-0.1, -0.05) is 18.2 Å². The molecule has 0 aliphatic rings. The average molecular weight is 403 g/mol. The fourth-order valence-electron chi connectivity index (χ4n) is 2.17. The van der Waals surface area contributed by atoms with Gasteiger partial charge in [-0.2, -0.15) is 0 Å². The second-order valence-electron chi connectivity index (χ2n) is 5.23. The van der Waals surface area contributed by atoms with Gasteiger partial charge in [-0.05, 0) is 23.6 Å². The van der Waals surface area contributed by atoms with E-state index in [0.717, 1.165) is 4.90 Å². The minimum absolute atomic E-state index is 0.0452. The normalized spacial score (nSPS) is 10.5. The van der Waals surface area contributed by atoms with Gasteiger partial charge in [-0.3, -0.25) is 9.59 Å². The highest BCUT2D eigenvalue weighted by atomic mass is 32.2. The van der Waals surface area contributed by atoms with E-state index in [1.807, 2.05) is 30.3 Å². The molecule has 0 saturated heterocycles. The third-order valence-electron chi connectivity index (χ3n) is 3.37. The Bertz CT molecular complexity index is 1050. The summed E-state index contributed by atoms with van der Waals surface area (Å²) in [6, 6.07) is 11.1. The Morgan fingerprint density at radius 1 is 1.22 bits per heavy atom. The van der Waals surface area contributed by atoms with Crippen LogP contribution in [0.3, 0.4) is 0 Å². The third kappa shape index (κ3) is 4.36. The molecule has 0 aliphatic carbocycles. The standard InChI is InChI=1S/C17H13N3O5S2/c21-11(8-27-9-4-2-1-3-5-9)18-10-6-7-26-14(10)15-19-12(17(24)25)13(22)16(23)20-15/h1-7,22H,8H2,(H,18,21)(H,24,25)(H,19,20,23). The van der Waals surface area contributed by atoms with Gasteiger partial charge in [-0.25, -0.2) is 9.78 Å². The summed E-state index contributed by atoms with van der Waals surface area (Å²) >= 11 is 2.54. The number of aromatic amines is 1. The van der Waals surface area contributed by atoms with E-state index in [1.165, 1.54) is 23.1 Å². The first-order valence-electron chi connectivity index (χ1n) is 7.58. The number of anilines is 1. The van der Waals surface area contributed by atoms with Crippen LogP contribution in [0.2, 0.25) is 0 Å². The van der Waals surface area contributed by atoms with Gasteiger partial charge < -0.3 is 20.5 Å². The first-order chi connectivity index (χ1) is 13.0. The predicted molar refractivity (Wildman–Crippen MR) is 103 cm³/mol. The Kier molecular flexibility index (Phi) is 5.57. The highest BCUT2D eigenvalue weighted by molar-refractivity contribution is 8.00. The third-order valence-corrected chi connectivity index (χ3v) is 5.30. The lowest BCUT2D eigenvalue weighted by Gasteiger charge is -2.07. The number of nitrogens with one attached hydrogen (secondary N) is 2. The van der Waals surface area contributed by atoms with Crippen molar-refractivity contribution in [3.05, 3.63) is 57.8 Å². The molecule has 27 heavy (non-hydrogen) atoms. The molecule has 2 heterocycles. The molecule has 0 atom stereocenters. The molecule has 3 rings (SSSR count). The first kappa shape index (κ1) is 18.7. The van der Waals surface area contributed by atoms with Crippen LogP contribution in [0.1, 0.15) is 10.5 Å². The molecule has 0 aliphatic heterocycles. The molecule has 0 saturated carbocycles. The molecule has 0 unspecified atom stereocenters. The number of thiophene rings is 1. The van der Waals surface area contributed by atoms with Gasteiger partial charge >= 0.3 is 5.97 Å². The van der Waals surface area contributed by atoms with Crippen molar-refractivity contribution in [1.82, 2.24) is 9.97 Å². The highest BCUT2D eigenvalue weighted by Crippen LogP contribution is 2.32. The monoisotopic (exact) mass is 403 g/mol. The molecule has 0 fully saturated rings. The molecule has 0 bridgehead atoms. The van der Waals surface area contributed by atoms with Crippen LogP contribution in [-0.2, 0) is 4.79 Å². The number of aromatic carboxylic acids is 1.